The Balaban J connectivity index is 1.70. The largest absolute Gasteiger partial charge is 0.451 e. The van der Waals surface area contributed by atoms with Crippen molar-refractivity contribution in [1.82, 2.24) is 26.1 Å². The zero-order valence-electron chi connectivity index (χ0n) is 23.4. The number of carbonyl (C=O) groups excluding carboxylic acids is 4. The Labute approximate surface area is 236 Å². The van der Waals surface area contributed by atoms with Crippen LogP contribution in [0.15, 0.2) is 36.4 Å². The maximum Gasteiger partial charge on any atom is 0.316 e. The molecule has 3 heterocycles. The first-order chi connectivity index (χ1) is 19.3. The summed E-state index contributed by atoms with van der Waals surface area (Å²) in [6, 6.07) is 7.00. The topological polar surface area (TPSA) is 130 Å². The van der Waals surface area contributed by atoms with E-state index >= 15 is 0 Å². The van der Waals surface area contributed by atoms with E-state index in [2.05, 4.69) is 16.1 Å². The fraction of sp³-hybridized carbons (Fsp3) is 0.483. The standard InChI is InChI=1S/C29H35F2N5O5/c1-16-20-10-9-19-8-7-18(14-22(19)34-20)11-12-29(3,4)28(40)41-23(15-24(30)31)26(38)33-17(2)27(39)36-13-5-6-21(35-36)25(37)32-16/h7-12,14,16-17,21,23-24,35H,5-6,13,15H2,1-4H3,(H,32,37)(H,33,38)/t16-,17+,21+,23+/m1/s1. The van der Waals surface area contributed by atoms with Crippen molar-refractivity contribution in [2.75, 3.05) is 6.54 Å². The molecule has 1 aromatic heterocycles. The van der Waals surface area contributed by atoms with Gasteiger partial charge < -0.3 is 15.4 Å². The maximum absolute atomic E-state index is 13.3. The van der Waals surface area contributed by atoms with Gasteiger partial charge in [0.1, 0.15) is 12.1 Å². The molecule has 5 bridgehead atoms. The predicted molar refractivity (Wildman–Crippen MR) is 147 cm³/mol. The van der Waals surface area contributed by atoms with Crippen LogP contribution in [0.4, 0.5) is 8.78 Å². The number of amides is 3. The van der Waals surface area contributed by atoms with E-state index in [-0.39, 0.29) is 12.5 Å². The molecule has 0 saturated carbocycles. The van der Waals surface area contributed by atoms with Crippen LogP contribution in [0.3, 0.4) is 0 Å². The van der Waals surface area contributed by atoms with Gasteiger partial charge in [-0.1, -0.05) is 30.4 Å². The van der Waals surface area contributed by atoms with Gasteiger partial charge in [0.15, 0.2) is 6.10 Å². The maximum atomic E-state index is 13.3. The van der Waals surface area contributed by atoms with Gasteiger partial charge in [-0.2, -0.15) is 0 Å². The van der Waals surface area contributed by atoms with Crippen molar-refractivity contribution < 1.29 is 32.7 Å². The molecular formula is C29H35F2N5O5. The molecule has 1 fully saturated rings. The molecule has 1 aromatic carbocycles. The summed E-state index contributed by atoms with van der Waals surface area (Å²) in [5.41, 5.74) is 3.69. The zero-order chi connectivity index (χ0) is 29.9. The van der Waals surface area contributed by atoms with E-state index in [4.69, 9.17) is 9.72 Å². The highest BCUT2D eigenvalue weighted by Gasteiger charge is 2.36. The molecule has 10 nitrogen and oxygen atoms in total. The second-order valence-corrected chi connectivity index (χ2v) is 11.0. The number of hydrogen-bond donors (Lipinski definition) is 3. The van der Waals surface area contributed by atoms with Gasteiger partial charge >= 0.3 is 5.97 Å². The van der Waals surface area contributed by atoms with Crippen LogP contribution < -0.4 is 16.1 Å². The summed E-state index contributed by atoms with van der Waals surface area (Å²) >= 11 is 0. The van der Waals surface area contributed by atoms with E-state index in [0.717, 1.165) is 10.9 Å². The lowest BCUT2D eigenvalue weighted by atomic mass is 9.92. The molecule has 1 saturated heterocycles. The molecule has 2 aliphatic rings. The first kappa shape index (κ1) is 30.0. The van der Waals surface area contributed by atoms with E-state index < -0.39 is 60.3 Å². The number of ether oxygens (including phenoxy) is 1. The molecule has 12 heteroatoms. The number of nitrogens with zero attached hydrogens (tertiary/aromatic N) is 2. The number of esters is 1. The molecular weight excluding hydrogens is 536 g/mol. The quantitative estimate of drug-likeness (QED) is 0.473. The summed E-state index contributed by atoms with van der Waals surface area (Å²) in [6.45, 7) is 6.59. The number of benzene rings is 1. The van der Waals surface area contributed by atoms with Crippen LogP contribution in [0.2, 0.25) is 0 Å². The van der Waals surface area contributed by atoms with Crippen LogP contribution in [0, 0.1) is 5.41 Å². The van der Waals surface area contributed by atoms with E-state index in [1.807, 2.05) is 37.3 Å². The molecule has 220 valence electrons. The third kappa shape index (κ3) is 7.24. The number of alkyl halides is 2. The van der Waals surface area contributed by atoms with E-state index in [1.54, 1.807) is 26.0 Å². The monoisotopic (exact) mass is 571 g/mol. The van der Waals surface area contributed by atoms with Gasteiger partial charge in [-0.15, -0.1) is 0 Å². The second kappa shape index (κ2) is 12.3. The van der Waals surface area contributed by atoms with Crippen molar-refractivity contribution >= 4 is 40.7 Å². The molecule has 4 atom stereocenters. The Hall–Kier alpha value is -3.93. The molecule has 0 spiro atoms. The molecule has 0 aliphatic carbocycles. The zero-order valence-corrected chi connectivity index (χ0v) is 23.4. The van der Waals surface area contributed by atoms with Gasteiger partial charge in [-0.25, -0.2) is 14.2 Å². The van der Waals surface area contributed by atoms with Crippen molar-refractivity contribution in [3.05, 3.63) is 47.7 Å². The minimum Gasteiger partial charge on any atom is -0.451 e. The third-order valence-corrected chi connectivity index (χ3v) is 7.19. The highest BCUT2D eigenvalue weighted by atomic mass is 19.3. The Morgan fingerprint density at radius 2 is 1.76 bits per heavy atom. The SMILES string of the molecule is C[C@@H]1NC(=O)[C@H](CC(F)F)OC(=O)C(C)(C)C=Cc2ccc3ccc(nc3c2)[C@@H](C)NC(=O)[C@@H]2CCCN(N2)C1=O. The van der Waals surface area contributed by atoms with Gasteiger partial charge in [-0.3, -0.25) is 29.2 Å². The highest BCUT2D eigenvalue weighted by molar-refractivity contribution is 5.91. The van der Waals surface area contributed by atoms with Crippen LogP contribution in [0.25, 0.3) is 17.0 Å². The molecule has 3 amide bonds. The lowest BCUT2D eigenvalue weighted by Crippen LogP contribution is -2.61. The first-order valence-corrected chi connectivity index (χ1v) is 13.6. The van der Waals surface area contributed by atoms with Crippen LogP contribution in [0.1, 0.15) is 64.3 Å². The molecule has 4 rings (SSSR count). The van der Waals surface area contributed by atoms with Gasteiger partial charge in [0.25, 0.3) is 11.8 Å². The van der Waals surface area contributed by atoms with Crippen LogP contribution in [0.5, 0.6) is 0 Å². The number of fused-ring (bicyclic) bond motifs is 4. The fourth-order valence-corrected chi connectivity index (χ4v) is 4.64. The highest BCUT2D eigenvalue weighted by Crippen LogP contribution is 2.25. The number of cyclic esters (lactones) is 1. The number of aromatic nitrogens is 1. The second-order valence-electron chi connectivity index (χ2n) is 11.0. The minimum atomic E-state index is -2.93. The number of rotatable bonds is 2. The Bertz CT molecular complexity index is 1360. The van der Waals surface area contributed by atoms with Gasteiger partial charge in [-0.05, 0) is 58.2 Å². The van der Waals surface area contributed by atoms with Crippen molar-refractivity contribution in [2.45, 2.75) is 77.6 Å². The predicted octanol–water partition coefficient (Wildman–Crippen LogP) is 3.03. The normalized spacial score (nSPS) is 26.1. The lowest BCUT2D eigenvalue weighted by molar-refractivity contribution is -0.164. The summed E-state index contributed by atoms with van der Waals surface area (Å²) < 4.78 is 32.0. The Morgan fingerprint density at radius 1 is 1.05 bits per heavy atom. The van der Waals surface area contributed by atoms with Crippen molar-refractivity contribution in [3.63, 3.8) is 0 Å². The number of halogens is 2. The number of hydrazine groups is 1. The van der Waals surface area contributed by atoms with Gasteiger partial charge in [0, 0.05) is 11.9 Å². The summed E-state index contributed by atoms with van der Waals surface area (Å²) in [4.78, 5) is 56.8. The number of carbonyl (C=O) groups is 4. The number of pyridine rings is 1. The molecule has 41 heavy (non-hydrogen) atoms. The third-order valence-electron chi connectivity index (χ3n) is 7.19. The van der Waals surface area contributed by atoms with E-state index in [0.29, 0.717) is 24.1 Å². The minimum absolute atomic E-state index is 0.281. The van der Waals surface area contributed by atoms with Crippen LogP contribution in [-0.2, 0) is 23.9 Å². The molecule has 3 N–H and O–H groups in total. The van der Waals surface area contributed by atoms with Crippen molar-refractivity contribution in [1.29, 1.82) is 0 Å². The summed E-state index contributed by atoms with van der Waals surface area (Å²) in [5.74, 6) is -2.77. The average molecular weight is 572 g/mol. The van der Waals surface area contributed by atoms with Gasteiger partial charge in [0.05, 0.1) is 29.1 Å². The van der Waals surface area contributed by atoms with E-state index in [1.165, 1.54) is 11.9 Å². The molecule has 0 radical (unpaired) electrons. The lowest BCUT2D eigenvalue weighted by Gasteiger charge is -2.35. The molecule has 0 unspecified atom stereocenters. The summed E-state index contributed by atoms with van der Waals surface area (Å²) in [7, 11) is 0. The molecule has 2 aliphatic heterocycles. The molecule has 2 aromatic rings. The van der Waals surface area contributed by atoms with Gasteiger partial charge in [0.2, 0.25) is 12.3 Å². The summed E-state index contributed by atoms with van der Waals surface area (Å²) in [5, 5.41) is 7.45. The Morgan fingerprint density at radius 3 is 2.49 bits per heavy atom. The van der Waals surface area contributed by atoms with Crippen molar-refractivity contribution in [3.8, 4) is 0 Å². The number of nitrogens with one attached hydrogen (secondary N) is 3. The smallest absolute Gasteiger partial charge is 0.316 e. The van der Waals surface area contributed by atoms with Crippen molar-refractivity contribution in [2.24, 2.45) is 5.41 Å². The van der Waals surface area contributed by atoms with Crippen LogP contribution >= 0.6 is 0 Å². The summed E-state index contributed by atoms with van der Waals surface area (Å²) in [6.07, 6.45) is -1.52. The van der Waals surface area contributed by atoms with Crippen LogP contribution in [-0.4, -0.2) is 64.8 Å². The number of hydrogen-bond acceptors (Lipinski definition) is 7. The fourth-order valence-electron chi connectivity index (χ4n) is 4.64. The average Bonchev–Trinajstić information content (AvgIpc) is 2.94. The van der Waals surface area contributed by atoms with E-state index in [9.17, 15) is 28.0 Å². The Kier molecular flexibility index (Phi) is 9.01. The first-order valence-electron chi connectivity index (χ1n) is 13.6.